The van der Waals surface area contributed by atoms with E-state index in [1.54, 1.807) is 0 Å². The Morgan fingerprint density at radius 2 is 1.91 bits per heavy atom. The van der Waals surface area contributed by atoms with Crippen LogP contribution in [0, 0.1) is 23.7 Å². The number of rotatable bonds is 1. The highest BCUT2D eigenvalue weighted by atomic mass is 16.5. The highest BCUT2D eigenvalue weighted by molar-refractivity contribution is 5.18. The predicted molar refractivity (Wildman–Crippen MR) is 40.0 cm³/mol. The van der Waals surface area contributed by atoms with E-state index in [4.69, 9.17) is 4.74 Å². The van der Waals surface area contributed by atoms with Gasteiger partial charge in [0.15, 0.2) is 0 Å². The van der Waals surface area contributed by atoms with E-state index in [0.29, 0.717) is 23.7 Å². The molecular formula is C9H14O2. The molecule has 1 heterocycles. The summed E-state index contributed by atoms with van der Waals surface area (Å²) in [7, 11) is 0. The lowest BCUT2D eigenvalue weighted by atomic mass is 10.1. The Labute approximate surface area is 66.5 Å². The Morgan fingerprint density at radius 3 is 2.36 bits per heavy atom. The fourth-order valence-electron chi connectivity index (χ4n) is 2.88. The van der Waals surface area contributed by atoms with Gasteiger partial charge in [-0.2, -0.15) is 0 Å². The molecule has 1 saturated heterocycles. The lowest BCUT2D eigenvalue weighted by Gasteiger charge is -2.10. The molecule has 4 atom stereocenters. The van der Waals surface area contributed by atoms with Crippen LogP contribution in [-0.2, 0) is 4.74 Å². The van der Waals surface area contributed by atoms with Gasteiger partial charge in [0.2, 0.25) is 0 Å². The van der Waals surface area contributed by atoms with Crippen LogP contribution in [0.2, 0.25) is 0 Å². The quantitative estimate of drug-likeness (QED) is 0.601. The van der Waals surface area contributed by atoms with Crippen molar-refractivity contribution < 1.29 is 9.84 Å². The molecule has 0 amide bonds. The molecule has 0 bridgehead atoms. The third kappa shape index (κ3) is 0.651. The molecule has 3 aliphatic rings. The van der Waals surface area contributed by atoms with Gasteiger partial charge in [0.05, 0.1) is 18.8 Å². The first-order chi connectivity index (χ1) is 5.23. The van der Waals surface area contributed by atoms with Crippen LogP contribution in [0.5, 0.6) is 0 Å². The number of hydrogen-bond donors (Lipinski definition) is 1. The third-order valence-electron chi connectivity index (χ3n) is 3.86. The summed E-state index contributed by atoms with van der Waals surface area (Å²) in [5.41, 5.74) is -0.265. The Hall–Kier alpha value is -0.0800. The molecule has 62 valence electrons. The second-order valence-corrected chi connectivity index (χ2v) is 4.49. The van der Waals surface area contributed by atoms with Crippen LogP contribution < -0.4 is 0 Å². The topological polar surface area (TPSA) is 29.5 Å². The average molecular weight is 154 g/mol. The highest BCUT2D eigenvalue weighted by Gasteiger charge is 2.70. The van der Waals surface area contributed by atoms with Crippen molar-refractivity contribution in [2.75, 3.05) is 13.2 Å². The molecule has 11 heavy (non-hydrogen) atoms. The van der Waals surface area contributed by atoms with Gasteiger partial charge in [-0.15, -0.1) is 0 Å². The monoisotopic (exact) mass is 154 g/mol. The minimum atomic E-state index is -0.265. The van der Waals surface area contributed by atoms with E-state index in [9.17, 15) is 5.11 Å². The molecule has 0 radical (unpaired) electrons. The van der Waals surface area contributed by atoms with Gasteiger partial charge in [-0.25, -0.2) is 0 Å². The van der Waals surface area contributed by atoms with Gasteiger partial charge < -0.3 is 9.84 Å². The molecule has 4 unspecified atom stereocenters. The van der Waals surface area contributed by atoms with Crippen LogP contribution in [-0.4, -0.2) is 23.9 Å². The smallest absolute Gasteiger partial charge is 0.0713 e. The SMILES string of the molecule is CC1CC1(O)C1C2COCC21. The summed E-state index contributed by atoms with van der Waals surface area (Å²) >= 11 is 0. The first-order valence-electron chi connectivity index (χ1n) is 4.53. The van der Waals surface area contributed by atoms with Gasteiger partial charge in [0, 0.05) is 0 Å². The van der Waals surface area contributed by atoms with Crippen molar-refractivity contribution in [3.8, 4) is 0 Å². The first-order valence-corrected chi connectivity index (χ1v) is 4.53. The zero-order valence-electron chi connectivity index (χ0n) is 6.79. The van der Waals surface area contributed by atoms with E-state index >= 15 is 0 Å². The zero-order valence-corrected chi connectivity index (χ0v) is 6.79. The minimum absolute atomic E-state index is 0.265. The average Bonchev–Trinajstić information content (AvgIpc) is 2.73. The Balaban J connectivity index is 1.75. The van der Waals surface area contributed by atoms with Crippen molar-refractivity contribution in [1.29, 1.82) is 0 Å². The molecule has 0 aromatic heterocycles. The van der Waals surface area contributed by atoms with Crippen molar-refractivity contribution in [2.24, 2.45) is 23.7 Å². The molecule has 2 nitrogen and oxygen atoms in total. The van der Waals surface area contributed by atoms with Gasteiger partial charge in [0.1, 0.15) is 0 Å². The molecule has 0 aromatic rings. The molecule has 1 N–H and O–H groups in total. The van der Waals surface area contributed by atoms with Gasteiger partial charge in [-0.05, 0) is 30.1 Å². The molecule has 2 saturated carbocycles. The first kappa shape index (κ1) is 6.44. The summed E-state index contributed by atoms with van der Waals surface area (Å²) in [5, 5.41) is 9.99. The second-order valence-electron chi connectivity index (χ2n) is 4.49. The van der Waals surface area contributed by atoms with Gasteiger partial charge >= 0.3 is 0 Å². The normalized spacial score (nSPS) is 66.0. The molecule has 2 heteroatoms. The van der Waals surface area contributed by atoms with Crippen molar-refractivity contribution >= 4 is 0 Å². The van der Waals surface area contributed by atoms with Crippen molar-refractivity contribution in [3.05, 3.63) is 0 Å². The van der Waals surface area contributed by atoms with Crippen molar-refractivity contribution in [3.63, 3.8) is 0 Å². The fraction of sp³-hybridized carbons (Fsp3) is 1.00. The molecular weight excluding hydrogens is 140 g/mol. The van der Waals surface area contributed by atoms with E-state index in [-0.39, 0.29) is 5.60 Å². The maximum Gasteiger partial charge on any atom is 0.0713 e. The maximum atomic E-state index is 9.99. The molecule has 2 aliphatic carbocycles. The Kier molecular flexibility index (Phi) is 0.961. The number of aliphatic hydroxyl groups is 1. The van der Waals surface area contributed by atoms with Crippen LogP contribution in [0.1, 0.15) is 13.3 Å². The summed E-state index contributed by atoms with van der Waals surface area (Å²) in [6.45, 7) is 3.96. The van der Waals surface area contributed by atoms with E-state index < -0.39 is 0 Å². The maximum absolute atomic E-state index is 9.99. The van der Waals surface area contributed by atoms with E-state index in [2.05, 4.69) is 6.92 Å². The molecule has 3 rings (SSSR count). The van der Waals surface area contributed by atoms with Crippen LogP contribution in [0.3, 0.4) is 0 Å². The fourth-order valence-corrected chi connectivity index (χ4v) is 2.88. The summed E-state index contributed by atoms with van der Waals surface area (Å²) in [6.07, 6.45) is 1.03. The van der Waals surface area contributed by atoms with Gasteiger partial charge in [-0.1, -0.05) is 6.92 Å². The number of ether oxygens (including phenoxy) is 1. The molecule has 0 spiro atoms. The van der Waals surface area contributed by atoms with Crippen LogP contribution in [0.15, 0.2) is 0 Å². The third-order valence-corrected chi connectivity index (χ3v) is 3.86. The van der Waals surface area contributed by atoms with Crippen LogP contribution in [0.25, 0.3) is 0 Å². The van der Waals surface area contributed by atoms with E-state index in [0.717, 1.165) is 19.6 Å². The summed E-state index contributed by atoms with van der Waals surface area (Å²) in [5.74, 6) is 2.58. The van der Waals surface area contributed by atoms with Gasteiger partial charge in [-0.3, -0.25) is 0 Å². The molecule has 1 aliphatic heterocycles. The van der Waals surface area contributed by atoms with E-state index in [1.807, 2.05) is 0 Å². The molecule has 0 aromatic carbocycles. The van der Waals surface area contributed by atoms with Crippen LogP contribution >= 0.6 is 0 Å². The predicted octanol–water partition coefficient (Wildman–Crippen LogP) is 0.650. The van der Waals surface area contributed by atoms with Crippen molar-refractivity contribution in [2.45, 2.75) is 18.9 Å². The van der Waals surface area contributed by atoms with Crippen molar-refractivity contribution in [1.82, 2.24) is 0 Å². The van der Waals surface area contributed by atoms with E-state index in [1.165, 1.54) is 0 Å². The second kappa shape index (κ2) is 1.64. The van der Waals surface area contributed by atoms with Gasteiger partial charge in [0.25, 0.3) is 0 Å². The molecule has 3 fully saturated rings. The highest BCUT2D eigenvalue weighted by Crippen LogP contribution is 2.65. The number of fused-ring (bicyclic) bond motifs is 1. The minimum Gasteiger partial charge on any atom is -0.389 e. The largest absolute Gasteiger partial charge is 0.389 e. The Morgan fingerprint density at radius 1 is 1.36 bits per heavy atom. The van der Waals surface area contributed by atoms with Crippen LogP contribution in [0.4, 0.5) is 0 Å². The lowest BCUT2D eigenvalue weighted by Crippen LogP contribution is -2.18. The summed E-state index contributed by atoms with van der Waals surface area (Å²) in [4.78, 5) is 0. The standard InChI is InChI=1S/C9H14O2/c1-5-2-9(5,10)8-6-3-11-4-7(6)8/h5-8,10H,2-4H2,1H3. The summed E-state index contributed by atoms with van der Waals surface area (Å²) < 4.78 is 5.28. The lowest BCUT2D eigenvalue weighted by molar-refractivity contribution is 0.0620. The number of hydrogen-bond acceptors (Lipinski definition) is 2. The Bertz CT molecular complexity index is 194. The zero-order chi connectivity index (χ0) is 7.64. The summed E-state index contributed by atoms with van der Waals surface area (Å²) in [6, 6.07) is 0.